The van der Waals surface area contributed by atoms with Crippen molar-refractivity contribution in [1.29, 1.82) is 0 Å². The van der Waals surface area contributed by atoms with Crippen LogP contribution in [0.5, 0.6) is 0 Å². The van der Waals surface area contributed by atoms with Gasteiger partial charge in [-0.25, -0.2) is 0 Å². The smallest absolute Gasteiger partial charge is 0.255 e. The van der Waals surface area contributed by atoms with Crippen molar-refractivity contribution in [3.63, 3.8) is 0 Å². The lowest BCUT2D eigenvalue weighted by Gasteiger charge is -2.33. The summed E-state index contributed by atoms with van der Waals surface area (Å²) in [6, 6.07) is 5.34. The summed E-state index contributed by atoms with van der Waals surface area (Å²) in [5.41, 5.74) is 0.603. The first-order valence-electron chi connectivity index (χ1n) is 5.43. The zero-order valence-corrected chi connectivity index (χ0v) is 11.8. The number of carbonyl (C=O) groups is 1. The minimum Gasteiger partial charge on any atom is -0.377 e. The van der Waals surface area contributed by atoms with Gasteiger partial charge in [0.1, 0.15) is 0 Å². The van der Waals surface area contributed by atoms with Crippen LogP contribution in [0, 0.1) is 0 Å². The zero-order chi connectivity index (χ0) is 12.4. The van der Waals surface area contributed by atoms with Crippen molar-refractivity contribution < 1.29 is 9.53 Å². The van der Waals surface area contributed by atoms with Gasteiger partial charge in [0.2, 0.25) is 0 Å². The van der Waals surface area contributed by atoms with E-state index in [2.05, 4.69) is 15.9 Å². The van der Waals surface area contributed by atoms with Crippen LogP contribution >= 0.6 is 27.5 Å². The Morgan fingerprint density at radius 1 is 1.59 bits per heavy atom. The summed E-state index contributed by atoms with van der Waals surface area (Å²) in [6.45, 7) is 3.78. The molecule has 1 aliphatic rings. The third kappa shape index (κ3) is 2.81. The van der Waals surface area contributed by atoms with Crippen molar-refractivity contribution in [2.45, 2.75) is 13.0 Å². The van der Waals surface area contributed by atoms with Crippen molar-refractivity contribution in [3.05, 3.63) is 33.3 Å². The third-order valence-electron chi connectivity index (χ3n) is 2.79. The molecule has 0 radical (unpaired) electrons. The van der Waals surface area contributed by atoms with E-state index in [1.165, 1.54) is 0 Å². The summed E-state index contributed by atoms with van der Waals surface area (Å²) in [6.07, 6.45) is 0. The van der Waals surface area contributed by atoms with Crippen molar-refractivity contribution in [2.24, 2.45) is 0 Å². The molecule has 2 rings (SSSR count). The van der Waals surface area contributed by atoms with Gasteiger partial charge in [-0.1, -0.05) is 11.6 Å². The first kappa shape index (κ1) is 12.9. The molecule has 3 nitrogen and oxygen atoms in total. The molecule has 0 saturated carbocycles. The number of amides is 1. The minimum atomic E-state index is -0.00447. The Labute approximate surface area is 114 Å². The molecule has 1 saturated heterocycles. The second-order valence-corrected chi connectivity index (χ2v) is 5.34. The average Bonchev–Trinajstić information content (AvgIpc) is 2.32. The van der Waals surface area contributed by atoms with Gasteiger partial charge in [-0.2, -0.15) is 0 Å². The monoisotopic (exact) mass is 317 g/mol. The predicted molar refractivity (Wildman–Crippen MR) is 70.5 cm³/mol. The lowest BCUT2D eigenvalue weighted by atomic mass is 10.1. The standard InChI is InChI=1S/C12H13BrClNO2/c1-8-7-17-5-4-15(8)12(16)10-6-9(14)2-3-11(10)13/h2-3,6,8H,4-5,7H2,1H3. The maximum Gasteiger partial charge on any atom is 0.255 e. The molecule has 92 valence electrons. The minimum absolute atomic E-state index is 0.00447. The molecule has 1 amide bonds. The number of hydrogen-bond acceptors (Lipinski definition) is 2. The topological polar surface area (TPSA) is 29.5 Å². The molecule has 0 aromatic heterocycles. The number of morpholine rings is 1. The molecule has 1 fully saturated rings. The number of ether oxygens (including phenoxy) is 1. The molecule has 0 aliphatic carbocycles. The Morgan fingerprint density at radius 3 is 3.06 bits per heavy atom. The molecule has 17 heavy (non-hydrogen) atoms. The Morgan fingerprint density at radius 2 is 2.35 bits per heavy atom. The lowest BCUT2D eigenvalue weighted by Crippen LogP contribution is -2.47. The first-order valence-corrected chi connectivity index (χ1v) is 6.60. The maximum atomic E-state index is 12.4. The van der Waals surface area contributed by atoms with E-state index in [4.69, 9.17) is 16.3 Å². The van der Waals surface area contributed by atoms with Gasteiger partial charge in [0.05, 0.1) is 24.8 Å². The molecule has 1 unspecified atom stereocenters. The normalized spacial score (nSPS) is 20.4. The quantitative estimate of drug-likeness (QED) is 0.797. The van der Waals surface area contributed by atoms with E-state index in [9.17, 15) is 4.79 Å². The first-order chi connectivity index (χ1) is 8.09. The van der Waals surface area contributed by atoms with E-state index in [0.29, 0.717) is 30.3 Å². The van der Waals surface area contributed by atoms with Gasteiger partial charge < -0.3 is 9.64 Å². The second-order valence-electron chi connectivity index (χ2n) is 4.05. The predicted octanol–water partition coefficient (Wildman–Crippen LogP) is 2.96. The maximum absolute atomic E-state index is 12.4. The molecule has 1 aromatic carbocycles. The molecule has 0 spiro atoms. The fourth-order valence-electron chi connectivity index (χ4n) is 1.84. The van der Waals surface area contributed by atoms with Crippen molar-refractivity contribution in [3.8, 4) is 0 Å². The largest absolute Gasteiger partial charge is 0.377 e. The SMILES string of the molecule is CC1COCCN1C(=O)c1cc(Cl)ccc1Br. The van der Waals surface area contributed by atoms with Crippen LogP contribution in [-0.2, 0) is 4.74 Å². The summed E-state index contributed by atoms with van der Waals surface area (Å²) in [4.78, 5) is 14.2. The van der Waals surface area contributed by atoms with Crippen molar-refractivity contribution in [2.75, 3.05) is 19.8 Å². The van der Waals surface area contributed by atoms with Gasteiger partial charge in [0, 0.05) is 16.0 Å². The Balaban J connectivity index is 2.26. The van der Waals surface area contributed by atoms with E-state index < -0.39 is 0 Å². The van der Waals surface area contributed by atoms with Gasteiger partial charge in [0.25, 0.3) is 5.91 Å². The van der Waals surface area contributed by atoms with E-state index >= 15 is 0 Å². The molecule has 5 heteroatoms. The van der Waals surface area contributed by atoms with E-state index in [0.717, 1.165) is 4.47 Å². The van der Waals surface area contributed by atoms with E-state index in [-0.39, 0.29) is 11.9 Å². The summed E-state index contributed by atoms with van der Waals surface area (Å²) in [5.74, 6) is -0.00447. The number of carbonyl (C=O) groups excluding carboxylic acids is 1. The van der Waals surface area contributed by atoms with Gasteiger partial charge >= 0.3 is 0 Å². The van der Waals surface area contributed by atoms with Crippen LogP contribution in [0.3, 0.4) is 0 Å². The summed E-state index contributed by atoms with van der Waals surface area (Å²) >= 11 is 9.30. The van der Waals surface area contributed by atoms with Crippen molar-refractivity contribution in [1.82, 2.24) is 4.90 Å². The second kappa shape index (κ2) is 5.38. The van der Waals surface area contributed by atoms with Crippen LogP contribution in [0.25, 0.3) is 0 Å². The van der Waals surface area contributed by atoms with E-state index in [1.807, 2.05) is 11.8 Å². The van der Waals surface area contributed by atoms with Crippen LogP contribution in [0.1, 0.15) is 17.3 Å². The highest BCUT2D eigenvalue weighted by Crippen LogP contribution is 2.23. The fraction of sp³-hybridized carbons (Fsp3) is 0.417. The Hall–Kier alpha value is -0.580. The number of benzene rings is 1. The highest BCUT2D eigenvalue weighted by atomic mass is 79.9. The number of halogens is 2. The lowest BCUT2D eigenvalue weighted by molar-refractivity contribution is 0.00354. The summed E-state index contributed by atoms with van der Waals surface area (Å²) in [5, 5.41) is 0.567. The molecule has 1 atom stereocenters. The Bertz CT molecular complexity index is 439. The number of rotatable bonds is 1. The van der Waals surface area contributed by atoms with Gasteiger partial charge in [0.15, 0.2) is 0 Å². The highest BCUT2D eigenvalue weighted by Gasteiger charge is 2.26. The molecule has 0 N–H and O–H groups in total. The Kier molecular flexibility index (Phi) is 4.07. The zero-order valence-electron chi connectivity index (χ0n) is 9.45. The van der Waals surface area contributed by atoms with Gasteiger partial charge in [-0.3, -0.25) is 4.79 Å². The average molecular weight is 319 g/mol. The highest BCUT2D eigenvalue weighted by molar-refractivity contribution is 9.10. The number of nitrogens with zero attached hydrogens (tertiary/aromatic N) is 1. The van der Waals surface area contributed by atoms with Gasteiger partial charge in [-0.05, 0) is 41.1 Å². The molecular weight excluding hydrogens is 305 g/mol. The molecular formula is C12H13BrClNO2. The van der Waals surface area contributed by atoms with Crippen LogP contribution in [-0.4, -0.2) is 36.6 Å². The van der Waals surface area contributed by atoms with Crippen molar-refractivity contribution >= 4 is 33.4 Å². The molecule has 1 aromatic rings. The van der Waals surface area contributed by atoms with Crippen LogP contribution < -0.4 is 0 Å². The molecule has 0 bridgehead atoms. The third-order valence-corrected chi connectivity index (χ3v) is 3.71. The van der Waals surface area contributed by atoms with E-state index in [1.54, 1.807) is 18.2 Å². The summed E-state index contributed by atoms with van der Waals surface area (Å²) in [7, 11) is 0. The van der Waals surface area contributed by atoms with Gasteiger partial charge in [-0.15, -0.1) is 0 Å². The van der Waals surface area contributed by atoms with Crippen LogP contribution in [0.4, 0.5) is 0 Å². The summed E-state index contributed by atoms with van der Waals surface area (Å²) < 4.78 is 6.09. The van der Waals surface area contributed by atoms with Crippen LogP contribution in [0.2, 0.25) is 5.02 Å². The fourth-order valence-corrected chi connectivity index (χ4v) is 2.43. The number of hydrogen-bond donors (Lipinski definition) is 0. The van der Waals surface area contributed by atoms with Crippen LogP contribution in [0.15, 0.2) is 22.7 Å². The molecule has 1 aliphatic heterocycles. The molecule has 1 heterocycles.